The molecule has 2 N–H and O–H groups in total. The minimum absolute atomic E-state index is 0.461. The van der Waals surface area contributed by atoms with E-state index in [1.807, 2.05) is 19.1 Å². The van der Waals surface area contributed by atoms with Gasteiger partial charge in [0.15, 0.2) is 5.82 Å². The lowest BCUT2D eigenvalue weighted by Crippen LogP contribution is -1.99. The zero-order valence-corrected chi connectivity index (χ0v) is 11.6. The van der Waals surface area contributed by atoms with Crippen molar-refractivity contribution in [1.29, 1.82) is 0 Å². The van der Waals surface area contributed by atoms with Gasteiger partial charge in [0.1, 0.15) is 5.82 Å². The monoisotopic (exact) mass is 311 g/mol. The number of nitrogens with two attached hydrogens (primary N) is 1. The van der Waals surface area contributed by atoms with Crippen LogP contribution in [0.15, 0.2) is 28.7 Å². The molecule has 0 radical (unpaired) electrons. The van der Waals surface area contributed by atoms with Gasteiger partial charge in [-0.25, -0.2) is 9.97 Å². The molecule has 2 rings (SSSR count). The summed E-state index contributed by atoms with van der Waals surface area (Å²) < 4.78 is 0.931. The predicted molar refractivity (Wildman–Crippen MR) is 74.0 cm³/mol. The molecule has 0 aliphatic rings. The summed E-state index contributed by atoms with van der Waals surface area (Å²) in [4.78, 5) is 8.64. The number of rotatable bonds is 2. The van der Waals surface area contributed by atoms with E-state index in [4.69, 9.17) is 17.3 Å². The standard InChI is InChI=1S/C12H11BrClN3/c1-2-8-6-11(15)17-12(16-8)9-5-7(13)3-4-10(9)14/h3-6H,2H2,1H3,(H2,15,16,17). The van der Waals surface area contributed by atoms with E-state index in [1.165, 1.54) is 0 Å². The Labute approximate surface area is 113 Å². The Bertz CT molecular complexity index is 557. The molecule has 0 bridgehead atoms. The number of hydrogen-bond acceptors (Lipinski definition) is 3. The molecule has 1 aromatic carbocycles. The average Bonchev–Trinajstić information content (AvgIpc) is 2.31. The van der Waals surface area contributed by atoms with Crippen LogP contribution in [0.1, 0.15) is 12.6 Å². The molecule has 1 aromatic heterocycles. The highest BCUT2D eigenvalue weighted by Crippen LogP contribution is 2.29. The highest BCUT2D eigenvalue weighted by molar-refractivity contribution is 9.10. The lowest BCUT2D eigenvalue weighted by Gasteiger charge is -2.06. The van der Waals surface area contributed by atoms with Gasteiger partial charge in [-0.2, -0.15) is 0 Å². The van der Waals surface area contributed by atoms with Crippen molar-refractivity contribution in [2.45, 2.75) is 13.3 Å². The Balaban J connectivity index is 2.59. The summed E-state index contributed by atoms with van der Waals surface area (Å²) in [6.07, 6.45) is 0.811. The first-order valence-electron chi connectivity index (χ1n) is 5.19. The van der Waals surface area contributed by atoms with Crippen molar-refractivity contribution >= 4 is 33.3 Å². The third-order valence-electron chi connectivity index (χ3n) is 2.33. The number of benzene rings is 1. The molecule has 1 heterocycles. The second-order valence-corrected chi connectivity index (χ2v) is 4.91. The van der Waals surface area contributed by atoms with Crippen LogP contribution in [-0.2, 0) is 6.42 Å². The van der Waals surface area contributed by atoms with E-state index in [1.54, 1.807) is 12.1 Å². The number of nitrogen functional groups attached to an aromatic ring is 1. The van der Waals surface area contributed by atoms with Crippen LogP contribution in [0.25, 0.3) is 11.4 Å². The van der Waals surface area contributed by atoms with Gasteiger partial charge in [0.2, 0.25) is 0 Å². The Morgan fingerprint density at radius 2 is 2.06 bits per heavy atom. The lowest BCUT2D eigenvalue weighted by molar-refractivity contribution is 1.01. The summed E-state index contributed by atoms with van der Waals surface area (Å²) in [6, 6.07) is 7.34. The Morgan fingerprint density at radius 1 is 1.29 bits per heavy atom. The zero-order valence-electron chi connectivity index (χ0n) is 9.24. The third kappa shape index (κ3) is 2.76. The van der Waals surface area contributed by atoms with E-state index >= 15 is 0 Å². The van der Waals surface area contributed by atoms with Crippen molar-refractivity contribution in [2.75, 3.05) is 5.73 Å². The second kappa shape index (κ2) is 5.02. The van der Waals surface area contributed by atoms with Gasteiger partial charge in [-0.05, 0) is 24.6 Å². The lowest BCUT2D eigenvalue weighted by atomic mass is 10.2. The van der Waals surface area contributed by atoms with Gasteiger partial charge in [-0.1, -0.05) is 34.5 Å². The fraction of sp³-hybridized carbons (Fsp3) is 0.167. The van der Waals surface area contributed by atoms with Crippen LogP contribution in [0.3, 0.4) is 0 Å². The van der Waals surface area contributed by atoms with Gasteiger partial charge < -0.3 is 5.73 Å². The minimum Gasteiger partial charge on any atom is -0.384 e. The Morgan fingerprint density at radius 3 is 2.76 bits per heavy atom. The quantitative estimate of drug-likeness (QED) is 0.920. The fourth-order valence-electron chi connectivity index (χ4n) is 1.49. The number of aryl methyl sites for hydroxylation is 1. The van der Waals surface area contributed by atoms with Gasteiger partial charge >= 0.3 is 0 Å². The molecular formula is C12H11BrClN3. The van der Waals surface area contributed by atoms with Gasteiger partial charge in [0, 0.05) is 21.8 Å². The average molecular weight is 313 g/mol. The van der Waals surface area contributed by atoms with Gasteiger partial charge in [-0.3, -0.25) is 0 Å². The number of aromatic nitrogens is 2. The van der Waals surface area contributed by atoms with Crippen LogP contribution >= 0.6 is 27.5 Å². The Kier molecular flexibility index (Phi) is 3.64. The minimum atomic E-state index is 0.461. The smallest absolute Gasteiger partial charge is 0.163 e. The fourth-order valence-corrected chi connectivity index (χ4v) is 2.05. The van der Waals surface area contributed by atoms with Crippen molar-refractivity contribution in [3.63, 3.8) is 0 Å². The van der Waals surface area contributed by atoms with Gasteiger partial charge in [0.05, 0.1) is 5.02 Å². The number of halogens is 2. The van der Waals surface area contributed by atoms with Crippen LogP contribution in [0.5, 0.6) is 0 Å². The molecule has 0 spiro atoms. The molecule has 0 amide bonds. The highest BCUT2D eigenvalue weighted by atomic mass is 79.9. The molecule has 0 aliphatic carbocycles. The molecular weight excluding hydrogens is 302 g/mol. The van der Waals surface area contributed by atoms with E-state index in [-0.39, 0.29) is 0 Å². The van der Waals surface area contributed by atoms with Crippen molar-refractivity contribution in [3.05, 3.63) is 39.5 Å². The largest absolute Gasteiger partial charge is 0.384 e. The predicted octanol–water partition coefficient (Wildman–Crippen LogP) is 3.70. The molecule has 88 valence electrons. The van der Waals surface area contributed by atoms with Crippen LogP contribution < -0.4 is 5.73 Å². The maximum atomic E-state index is 6.14. The normalized spacial score (nSPS) is 10.5. The highest BCUT2D eigenvalue weighted by Gasteiger charge is 2.09. The first kappa shape index (κ1) is 12.3. The van der Waals surface area contributed by atoms with Crippen LogP contribution in [0.4, 0.5) is 5.82 Å². The van der Waals surface area contributed by atoms with E-state index in [2.05, 4.69) is 25.9 Å². The summed E-state index contributed by atoms with van der Waals surface area (Å²) in [6.45, 7) is 2.02. The van der Waals surface area contributed by atoms with Crippen LogP contribution in [0.2, 0.25) is 5.02 Å². The summed E-state index contributed by atoms with van der Waals surface area (Å²) in [7, 11) is 0. The molecule has 0 aliphatic heterocycles. The molecule has 0 unspecified atom stereocenters. The maximum absolute atomic E-state index is 6.14. The van der Waals surface area contributed by atoms with Crippen molar-refractivity contribution < 1.29 is 0 Å². The number of nitrogens with zero attached hydrogens (tertiary/aromatic N) is 2. The molecule has 17 heavy (non-hydrogen) atoms. The van der Waals surface area contributed by atoms with Crippen molar-refractivity contribution in [3.8, 4) is 11.4 Å². The topological polar surface area (TPSA) is 51.8 Å². The summed E-state index contributed by atoms with van der Waals surface area (Å²) >= 11 is 9.54. The first-order chi connectivity index (χ1) is 8.10. The maximum Gasteiger partial charge on any atom is 0.163 e. The Hall–Kier alpha value is -1.13. The SMILES string of the molecule is CCc1cc(N)nc(-c2cc(Br)ccc2Cl)n1. The molecule has 0 saturated carbocycles. The molecule has 2 aromatic rings. The summed E-state index contributed by atoms with van der Waals surface area (Å²) in [5.41, 5.74) is 7.44. The molecule has 0 atom stereocenters. The summed E-state index contributed by atoms with van der Waals surface area (Å²) in [5.74, 6) is 1.02. The van der Waals surface area contributed by atoms with E-state index in [0.717, 1.165) is 22.2 Å². The zero-order chi connectivity index (χ0) is 12.4. The van der Waals surface area contributed by atoms with E-state index in [9.17, 15) is 0 Å². The van der Waals surface area contributed by atoms with Gasteiger partial charge in [0.25, 0.3) is 0 Å². The molecule has 5 heteroatoms. The molecule has 0 fully saturated rings. The molecule has 3 nitrogen and oxygen atoms in total. The van der Waals surface area contributed by atoms with Crippen LogP contribution in [-0.4, -0.2) is 9.97 Å². The van der Waals surface area contributed by atoms with Crippen LogP contribution in [0, 0.1) is 0 Å². The van der Waals surface area contributed by atoms with Crippen molar-refractivity contribution in [2.24, 2.45) is 0 Å². The van der Waals surface area contributed by atoms with E-state index < -0.39 is 0 Å². The number of hydrogen-bond donors (Lipinski definition) is 1. The van der Waals surface area contributed by atoms with Crippen molar-refractivity contribution in [1.82, 2.24) is 9.97 Å². The summed E-state index contributed by atoms with van der Waals surface area (Å²) in [5, 5.41) is 0.612. The molecule has 0 saturated heterocycles. The van der Waals surface area contributed by atoms with E-state index in [0.29, 0.717) is 16.7 Å². The first-order valence-corrected chi connectivity index (χ1v) is 6.36. The third-order valence-corrected chi connectivity index (χ3v) is 3.15. The van der Waals surface area contributed by atoms with Gasteiger partial charge in [-0.15, -0.1) is 0 Å². The number of anilines is 1. The second-order valence-electron chi connectivity index (χ2n) is 3.59.